The van der Waals surface area contributed by atoms with Gasteiger partial charge in [-0.05, 0) is 25.3 Å². The summed E-state index contributed by atoms with van der Waals surface area (Å²) in [5.41, 5.74) is 0. The molecule has 1 aliphatic rings. The number of nitrogens with one attached hydrogen (secondary N) is 1. The van der Waals surface area contributed by atoms with Crippen molar-refractivity contribution < 1.29 is 4.79 Å². The van der Waals surface area contributed by atoms with E-state index in [9.17, 15) is 4.79 Å². The Kier molecular flexibility index (Phi) is 6.56. The highest BCUT2D eigenvalue weighted by Gasteiger charge is 2.32. The molecule has 0 aliphatic carbocycles. The summed E-state index contributed by atoms with van der Waals surface area (Å²) in [6.45, 7) is 10.3. The topological polar surface area (TPSA) is 32.3 Å². The molecule has 2 atom stereocenters. The van der Waals surface area contributed by atoms with Gasteiger partial charge >= 0.3 is 0 Å². The van der Waals surface area contributed by atoms with Gasteiger partial charge in [-0.2, -0.15) is 0 Å². The van der Waals surface area contributed by atoms with Crippen molar-refractivity contribution in [3.05, 3.63) is 0 Å². The lowest BCUT2D eigenvalue weighted by Crippen LogP contribution is -2.40. The highest BCUT2D eigenvalue weighted by molar-refractivity contribution is 5.79. The minimum Gasteiger partial charge on any atom is -0.342 e. The van der Waals surface area contributed by atoms with Gasteiger partial charge in [0.05, 0.1) is 5.92 Å². The van der Waals surface area contributed by atoms with E-state index in [-0.39, 0.29) is 5.92 Å². The Bertz CT molecular complexity index is 222. The van der Waals surface area contributed by atoms with E-state index in [1.54, 1.807) is 0 Å². The fourth-order valence-corrected chi connectivity index (χ4v) is 2.41. The van der Waals surface area contributed by atoms with Crippen molar-refractivity contribution in [1.29, 1.82) is 0 Å². The molecule has 1 amide bonds. The first-order chi connectivity index (χ1) is 8.20. The van der Waals surface area contributed by atoms with Gasteiger partial charge in [0.25, 0.3) is 0 Å². The van der Waals surface area contributed by atoms with Crippen LogP contribution < -0.4 is 5.32 Å². The predicted molar refractivity (Wildman–Crippen MR) is 71.9 cm³/mol. The molecule has 3 nitrogen and oxygen atoms in total. The molecule has 0 aromatic heterocycles. The molecule has 100 valence electrons. The Labute approximate surface area is 106 Å². The zero-order chi connectivity index (χ0) is 12.7. The van der Waals surface area contributed by atoms with Crippen LogP contribution in [0.5, 0.6) is 0 Å². The summed E-state index contributed by atoms with van der Waals surface area (Å²) in [4.78, 5) is 14.6. The summed E-state index contributed by atoms with van der Waals surface area (Å²) < 4.78 is 0. The number of rotatable bonds is 7. The summed E-state index contributed by atoms with van der Waals surface area (Å²) in [6.07, 6.45) is 4.58. The van der Waals surface area contributed by atoms with Gasteiger partial charge < -0.3 is 10.2 Å². The van der Waals surface area contributed by atoms with Gasteiger partial charge in [0.1, 0.15) is 0 Å². The highest BCUT2D eigenvalue weighted by atomic mass is 16.2. The van der Waals surface area contributed by atoms with Crippen molar-refractivity contribution in [2.24, 2.45) is 11.8 Å². The normalized spacial score (nSPS) is 23.9. The van der Waals surface area contributed by atoms with Crippen LogP contribution in [-0.2, 0) is 4.79 Å². The molecule has 1 N–H and O–H groups in total. The van der Waals surface area contributed by atoms with Crippen molar-refractivity contribution >= 4 is 5.91 Å². The summed E-state index contributed by atoms with van der Waals surface area (Å²) in [5, 5.41) is 3.32. The van der Waals surface area contributed by atoms with E-state index in [0.717, 1.165) is 51.9 Å². The molecular formula is C14H28N2O. The molecule has 1 saturated heterocycles. The van der Waals surface area contributed by atoms with Crippen molar-refractivity contribution in [2.75, 3.05) is 26.2 Å². The van der Waals surface area contributed by atoms with Crippen LogP contribution in [0.4, 0.5) is 0 Å². The van der Waals surface area contributed by atoms with Crippen LogP contribution in [-0.4, -0.2) is 37.0 Å². The predicted octanol–water partition coefficient (Wildman–Crippen LogP) is 2.27. The van der Waals surface area contributed by atoms with Crippen molar-refractivity contribution in [2.45, 2.75) is 46.5 Å². The fraction of sp³-hybridized carbons (Fsp3) is 0.929. The third-order valence-corrected chi connectivity index (χ3v) is 3.71. The Balaban J connectivity index is 2.51. The third kappa shape index (κ3) is 4.30. The zero-order valence-corrected chi connectivity index (χ0v) is 11.7. The average molecular weight is 240 g/mol. The van der Waals surface area contributed by atoms with Gasteiger partial charge in [0, 0.05) is 19.6 Å². The lowest BCUT2D eigenvalue weighted by molar-refractivity contribution is -0.136. The molecule has 1 rings (SSSR count). The quantitative estimate of drug-likeness (QED) is 0.740. The van der Waals surface area contributed by atoms with Crippen LogP contribution in [0.15, 0.2) is 0 Å². The Morgan fingerprint density at radius 3 is 2.18 bits per heavy atom. The minimum absolute atomic E-state index is 0.212. The fourth-order valence-electron chi connectivity index (χ4n) is 2.41. The molecule has 1 heterocycles. The van der Waals surface area contributed by atoms with E-state index in [1.165, 1.54) is 0 Å². The second kappa shape index (κ2) is 7.70. The minimum atomic E-state index is 0.212. The van der Waals surface area contributed by atoms with Gasteiger partial charge in [-0.15, -0.1) is 0 Å². The molecular weight excluding hydrogens is 212 g/mol. The molecule has 0 aromatic rings. The average Bonchev–Trinajstić information content (AvgIpc) is 2.75. The van der Waals surface area contributed by atoms with Crippen LogP contribution in [0, 0.1) is 11.8 Å². The Hall–Kier alpha value is -0.570. The van der Waals surface area contributed by atoms with E-state index in [2.05, 4.69) is 31.0 Å². The lowest BCUT2D eigenvalue weighted by atomic mass is 9.96. The van der Waals surface area contributed by atoms with E-state index in [4.69, 9.17) is 0 Å². The van der Waals surface area contributed by atoms with Crippen molar-refractivity contribution in [1.82, 2.24) is 10.2 Å². The number of carbonyl (C=O) groups is 1. The van der Waals surface area contributed by atoms with Gasteiger partial charge in [0.2, 0.25) is 5.91 Å². The summed E-state index contributed by atoms with van der Waals surface area (Å²) in [5.74, 6) is 1.08. The maximum absolute atomic E-state index is 12.5. The maximum Gasteiger partial charge on any atom is 0.227 e. The van der Waals surface area contributed by atoms with Gasteiger partial charge in [-0.1, -0.05) is 33.6 Å². The zero-order valence-electron chi connectivity index (χ0n) is 11.7. The monoisotopic (exact) mass is 240 g/mol. The standard InChI is InChI=1S/C14H28N2O/c1-4-6-8-16(9-7-5-2)14(17)13-11-15-10-12(13)3/h12-13,15H,4-11H2,1-3H3/t12-,13-/m1/s1. The Morgan fingerprint density at radius 1 is 1.18 bits per heavy atom. The maximum atomic E-state index is 12.5. The molecule has 0 bridgehead atoms. The van der Waals surface area contributed by atoms with E-state index in [1.807, 2.05) is 0 Å². The number of carbonyl (C=O) groups excluding carboxylic acids is 1. The summed E-state index contributed by atoms with van der Waals surface area (Å²) >= 11 is 0. The van der Waals surface area contributed by atoms with Crippen LogP contribution in [0.25, 0.3) is 0 Å². The van der Waals surface area contributed by atoms with Crippen LogP contribution in [0.1, 0.15) is 46.5 Å². The van der Waals surface area contributed by atoms with Crippen LogP contribution >= 0.6 is 0 Å². The number of unbranched alkanes of at least 4 members (excludes halogenated alkanes) is 2. The van der Waals surface area contributed by atoms with Crippen LogP contribution in [0.3, 0.4) is 0 Å². The van der Waals surface area contributed by atoms with E-state index < -0.39 is 0 Å². The molecule has 0 radical (unpaired) electrons. The molecule has 0 unspecified atom stereocenters. The van der Waals surface area contributed by atoms with E-state index >= 15 is 0 Å². The second-order valence-corrected chi connectivity index (χ2v) is 5.27. The molecule has 0 aromatic carbocycles. The Morgan fingerprint density at radius 2 is 1.76 bits per heavy atom. The third-order valence-electron chi connectivity index (χ3n) is 3.71. The molecule has 0 saturated carbocycles. The molecule has 0 spiro atoms. The second-order valence-electron chi connectivity index (χ2n) is 5.27. The number of hydrogen-bond donors (Lipinski definition) is 1. The molecule has 3 heteroatoms. The van der Waals surface area contributed by atoms with Crippen LogP contribution in [0.2, 0.25) is 0 Å². The molecule has 1 fully saturated rings. The highest BCUT2D eigenvalue weighted by Crippen LogP contribution is 2.19. The van der Waals surface area contributed by atoms with E-state index in [0.29, 0.717) is 11.8 Å². The first-order valence-corrected chi connectivity index (χ1v) is 7.20. The molecule has 1 aliphatic heterocycles. The lowest BCUT2D eigenvalue weighted by Gasteiger charge is -2.27. The summed E-state index contributed by atoms with van der Waals surface area (Å²) in [7, 11) is 0. The largest absolute Gasteiger partial charge is 0.342 e. The first kappa shape index (κ1) is 14.5. The SMILES string of the molecule is CCCCN(CCCC)C(=O)[C@@H]1CNC[C@H]1C. The van der Waals surface area contributed by atoms with Crippen molar-refractivity contribution in [3.8, 4) is 0 Å². The summed E-state index contributed by atoms with van der Waals surface area (Å²) in [6, 6.07) is 0. The smallest absolute Gasteiger partial charge is 0.227 e. The molecule has 17 heavy (non-hydrogen) atoms. The van der Waals surface area contributed by atoms with Gasteiger partial charge in [0.15, 0.2) is 0 Å². The first-order valence-electron chi connectivity index (χ1n) is 7.20. The number of nitrogens with zero attached hydrogens (tertiary/aromatic N) is 1. The number of hydrogen-bond acceptors (Lipinski definition) is 2. The van der Waals surface area contributed by atoms with Gasteiger partial charge in [-0.3, -0.25) is 4.79 Å². The van der Waals surface area contributed by atoms with Gasteiger partial charge in [-0.25, -0.2) is 0 Å². The number of amides is 1. The van der Waals surface area contributed by atoms with Crippen molar-refractivity contribution in [3.63, 3.8) is 0 Å².